The molecule has 0 atom stereocenters. The van der Waals surface area contributed by atoms with E-state index < -0.39 is 0 Å². The maximum absolute atomic E-state index is 5.06. The molecule has 0 aliphatic heterocycles. The minimum atomic E-state index is 0.645. The molecule has 0 amide bonds. The number of aliphatic imine (C=N–C) groups is 1. The Hall–Kier alpha value is -1.65. The van der Waals surface area contributed by atoms with Crippen LogP contribution in [-0.2, 0) is 9.47 Å². The molecule has 0 bridgehead atoms. The van der Waals surface area contributed by atoms with Crippen LogP contribution in [0.1, 0.15) is 11.1 Å². The molecular formula is C15H20N2O2. The van der Waals surface area contributed by atoms with Crippen LogP contribution in [0, 0.1) is 0 Å². The van der Waals surface area contributed by atoms with Crippen LogP contribution in [0.15, 0.2) is 35.3 Å². The number of methoxy groups -OCH3 is 2. The molecule has 102 valence electrons. The SMILES string of the molecule is COCCN=C1C=C(NCCOC)c2ccccc21. The molecule has 1 aromatic carbocycles. The molecule has 0 unspecified atom stereocenters. The Balaban J connectivity index is 2.14. The van der Waals surface area contributed by atoms with Gasteiger partial charge in [-0.25, -0.2) is 0 Å². The van der Waals surface area contributed by atoms with Crippen molar-refractivity contribution in [2.45, 2.75) is 0 Å². The Kier molecular flexibility index (Phi) is 5.12. The average molecular weight is 260 g/mol. The number of hydrogen-bond donors (Lipinski definition) is 1. The molecule has 0 spiro atoms. The van der Waals surface area contributed by atoms with Crippen molar-refractivity contribution >= 4 is 11.4 Å². The van der Waals surface area contributed by atoms with E-state index in [0.29, 0.717) is 19.8 Å². The van der Waals surface area contributed by atoms with Crippen LogP contribution < -0.4 is 5.32 Å². The van der Waals surface area contributed by atoms with Gasteiger partial charge < -0.3 is 14.8 Å². The first-order valence-corrected chi connectivity index (χ1v) is 6.44. The lowest BCUT2D eigenvalue weighted by Crippen LogP contribution is -2.16. The van der Waals surface area contributed by atoms with E-state index in [1.807, 2.05) is 12.1 Å². The molecular weight excluding hydrogens is 240 g/mol. The lowest BCUT2D eigenvalue weighted by molar-refractivity contribution is 0.203. The maximum Gasteiger partial charge on any atom is 0.0675 e. The number of rotatable bonds is 7. The molecule has 0 saturated heterocycles. The van der Waals surface area contributed by atoms with Crippen molar-refractivity contribution in [3.63, 3.8) is 0 Å². The number of hydrogen-bond acceptors (Lipinski definition) is 4. The minimum absolute atomic E-state index is 0.645. The molecule has 19 heavy (non-hydrogen) atoms. The summed E-state index contributed by atoms with van der Waals surface area (Å²) >= 11 is 0. The van der Waals surface area contributed by atoms with Crippen molar-refractivity contribution < 1.29 is 9.47 Å². The summed E-state index contributed by atoms with van der Waals surface area (Å²) in [5.74, 6) is 0. The number of nitrogens with one attached hydrogen (secondary N) is 1. The van der Waals surface area contributed by atoms with Gasteiger partial charge in [-0.05, 0) is 6.08 Å². The van der Waals surface area contributed by atoms with Crippen molar-refractivity contribution in [1.82, 2.24) is 5.32 Å². The molecule has 0 aromatic heterocycles. The van der Waals surface area contributed by atoms with Crippen LogP contribution in [0.4, 0.5) is 0 Å². The molecule has 4 nitrogen and oxygen atoms in total. The van der Waals surface area contributed by atoms with E-state index in [0.717, 1.165) is 18.0 Å². The van der Waals surface area contributed by atoms with Gasteiger partial charge in [-0.3, -0.25) is 4.99 Å². The molecule has 2 rings (SSSR count). The Morgan fingerprint density at radius 1 is 1.05 bits per heavy atom. The van der Waals surface area contributed by atoms with Crippen molar-refractivity contribution in [2.24, 2.45) is 4.99 Å². The molecule has 4 heteroatoms. The first kappa shape index (κ1) is 13.8. The summed E-state index contributed by atoms with van der Waals surface area (Å²) in [6.07, 6.45) is 2.09. The van der Waals surface area contributed by atoms with Crippen LogP contribution in [0.2, 0.25) is 0 Å². The smallest absolute Gasteiger partial charge is 0.0675 e. The largest absolute Gasteiger partial charge is 0.383 e. The van der Waals surface area contributed by atoms with Crippen LogP contribution in [0.5, 0.6) is 0 Å². The van der Waals surface area contributed by atoms with Gasteiger partial charge in [0.05, 0.1) is 25.5 Å². The maximum atomic E-state index is 5.06. The van der Waals surface area contributed by atoms with Gasteiger partial charge in [0.15, 0.2) is 0 Å². The average Bonchev–Trinajstić information content (AvgIpc) is 2.79. The Morgan fingerprint density at radius 2 is 1.79 bits per heavy atom. The van der Waals surface area contributed by atoms with E-state index in [-0.39, 0.29) is 0 Å². The van der Waals surface area contributed by atoms with Gasteiger partial charge in [-0.2, -0.15) is 0 Å². The van der Waals surface area contributed by atoms with Gasteiger partial charge in [-0.15, -0.1) is 0 Å². The fourth-order valence-corrected chi connectivity index (χ4v) is 2.06. The predicted molar refractivity (Wildman–Crippen MR) is 77.6 cm³/mol. The van der Waals surface area contributed by atoms with Crippen molar-refractivity contribution in [3.05, 3.63) is 41.5 Å². The van der Waals surface area contributed by atoms with E-state index in [9.17, 15) is 0 Å². The van der Waals surface area contributed by atoms with E-state index >= 15 is 0 Å². The highest BCUT2D eigenvalue weighted by molar-refractivity contribution is 6.19. The normalized spacial score (nSPS) is 15.5. The fraction of sp³-hybridized carbons (Fsp3) is 0.400. The third kappa shape index (κ3) is 3.43. The zero-order valence-electron chi connectivity index (χ0n) is 11.5. The van der Waals surface area contributed by atoms with Gasteiger partial charge in [0, 0.05) is 37.6 Å². The molecule has 1 aliphatic carbocycles. The minimum Gasteiger partial charge on any atom is -0.383 e. The standard InChI is InChI=1S/C15H20N2O2/c1-18-9-7-16-14-11-15(17-8-10-19-2)13-6-4-3-5-12(13)14/h3-6,11,16H,7-10H2,1-2H3. The van der Waals surface area contributed by atoms with Crippen LogP contribution in [0.25, 0.3) is 5.70 Å². The van der Waals surface area contributed by atoms with Gasteiger partial charge in [0.25, 0.3) is 0 Å². The molecule has 1 aliphatic rings. The van der Waals surface area contributed by atoms with Gasteiger partial charge >= 0.3 is 0 Å². The lowest BCUT2D eigenvalue weighted by Gasteiger charge is -2.07. The molecule has 0 heterocycles. The zero-order chi connectivity index (χ0) is 13.5. The van der Waals surface area contributed by atoms with Gasteiger partial charge in [0.2, 0.25) is 0 Å². The summed E-state index contributed by atoms with van der Waals surface area (Å²) in [5, 5.41) is 3.38. The molecule has 0 radical (unpaired) electrons. The van der Waals surface area contributed by atoms with Crippen molar-refractivity contribution in [3.8, 4) is 0 Å². The van der Waals surface area contributed by atoms with E-state index in [1.165, 1.54) is 11.1 Å². The van der Waals surface area contributed by atoms with E-state index in [4.69, 9.17) is 9.47 Å². The monoisotopic (exact) mass is 260 g/mol. The number of ether oxygens (including phenoxy) is 2. The second-order valence-corrected chi connectivity index (χ2v) is 4.28. The van der Waals surface area contributed by atoms with Gasteiger partial charge in [0.1, 0.15) is 0 Å². The Morgan fingerprint density at radius 3 is 2.53 bits per heavy atom. The second-order valence-electron chi connectivity index (χ2n) is 4.28. The number of allylic oxidation sites excluding steroid dienone is 1. The topological polar surface area (TPSA) is 42.8 Å². The number of nitrogens with zero attached hydrogens (tertiary/aromatic N) is 1. The third-order valence-electron chi connectivity index (χ3n) is 2.97. The summed E-state index contributed by atoms with van der Waals surface area (Å²) in [6.45, 7) is 2.81. The quantitative estimate of drug-likeness (QED) is 0.759. The second kappa shape index (κ2) is 7.07. The summed E-state index contributed by atoms with van der Waals surface area (Å²) in [4.78, 5) is 4.58. The lowest BCUT2D eigenvalue weighted by atomic mass is 10.1. The predicted octanol–water partition coefficient (Wildman–Crippen LogP) is 1.71. The van der Waals surface area contributed by atoms with Crippen LogP contribution >= 0.6 is 0 Å². The molecule has 0 fully saturated rings. The highest BCUT2D eigenvalue weighted by Crippen LogP contribution is 2.25. The third-order valence-corrected chi connectivity index (χ3v) is 2.97. The molecule has 0 saturated carbocycles. The van der Waals surface area contributed by atoms with Crippen LogP contribution in [0.3, 0.4) is 0 Å². The molecule has 1 aromatic rings. The zero-order valence-corrected chi connectivity index (χ0v) is 11.5. The fourth-order valence-electron chi connectivity index (χ4n) is 2.06. The Labute approximate surface area is 114 Å². The highest BCUT2D eigenvalue weighted by atomic mass is 16.5. The summed E-state index contributed by atoms with van der Waals surface area (Å²) < 4.78 is 10.1. The van der Waals surface area contributed by atoms with Crippen LogP contribution in [-0.4, -0.2) is 46.2 Å². The Bertz CT molecular complexity index is 481. The summed E-state index contributed by atoms with van der Waals surface area (Å²) in [5.41, 5.74) is 4.52. The molecule has 1 N–H and O–H groups in total. The van der Waals surface area contributed by atoms with Gasteiger partial charge in [-0.1, -0.05) is 24.3 Å². The number of benzene rings is 1. The first-order valence-electron chi connectivity index (χ1n) is 6.44. The van der Waals surface area contributed by atoms with E-state index in [2.05, 4.69) is 28.5 Å². The van der Waals surface area contributed by atoms with Crippen molar-refractivity contribution in [2.75, 3.05) is 40.5 Å². The summed E-state index contributed by atoms with van der Waals surface area (Å²) in [6, 6.07) is 8.29. The first-order chi connectivity index (χ1) is 9.36. The van der Waals surface area contributed by atoms with Crippen molar-refractivity contribution in [1.29, 1.82) is 0 Å². The summed E-state index contributed by atoms with van der Waals surface area (Å²) in [7, 11) is 3.40. The number of fused-ring (bicyclic) bond motifs is 1. The highest BCUT2D eigenvalue weighted by Gasteiger charge is 2.18. The van der Waals surface area contributed by atoms with E-state index in [1.54, 1.807) is 14.2 Å².